The highest BCUT2D eigenvalue weighted by atomic mass is 32.2. The number of thioether (sulfide) groups is 1. The van der Waals surface area contributed by atoms with E-state index >= 15 is 0 Å². The number of pyridine rings is 1. The molecule has 0 radical (unpaired) electrons. The molecule has 0 aliphatic heterocycles. The first kappa shape index (κ1) is 14.8. The first-order chi connectivity index (χ1) is 8.54. The number of nitrogens with one attached hydrogen (secondary N) is 1. The van der Waals surface area contributed by atoms with E-state index in [1.807, 2.05) is 31.3 Å². The minimum Gasteiger partial charge on any atom is -0.376 e. The summed E-state index contributed by atoms with van der Waals surface area (Å²) in [4.78, 5) is 17.9. The molecule has 0 fully saturated rings. The average molecular weight is 268 g/mol. The molecular formula is C12H20N4OS. The third-order valence-electron chi connectivity index (χ3n) is 2.49. The van der Waals surface area contributed by atoms with Crippen LogP contribution in [0.15, 0.2) is 18.3 Å². The Balaban J connectivity index is 2.53. The number of rotatable bonds is 6. The number of amides is 1. The molecule has 0 aliphatic rings. The second-order valence-electron chi connectivity index (χ2n) is 4.17. The second kappa shape index (κ2) is 7.23. The van der Waals surface area contributed by atoms with Crippen molar-refractivity contribution in [2.75, 3.05) is 36.3 Å². The SMILES string of the molecule is CSCC[C@H](N)C(=O)Nc1ccc(N(C)C)cn1. The van der Waals surface area contributed by atoms with E-state index < -0.39 is 6.04 Å². The summed E-state index contributed by atoms with van der Waals surface area (Å²) in [6.07, 6.45) is 4.37. The van der Waals surface area contributed by atoms with Crippen molar-refractivity contribution in [2.24, 2.45) is 5.73 Å². The maximum atomic E-state index is 11.7. The monoisotopic (exact) mass is 268 g/mol. The number of carbonyl (C=O) groups is 1. The van der Waals surface area contributed by atoms with E-state index in [1.165, 1.54) is 0 Å². The molecule has 6 heteroatoms. The van der Waals surface area contributed by atoms with Crippen LogP contribution < -0.4 is 16.0 Å². The minimum absolute atomic E-state index is 0.186. The highest BCUT2D eigenvalue weighted by molar-refractivity contribution is 7.98. The highest BCUT2D eigenvalue weighted by Crippen LogP contribution is 2.12. The van der Waals surface area contributed by atoms with Crippen LogP contribution in [0.25, 0.3) is 0 Å². The van der Waals surface area contributed by atoms with Gasteiger partial charge in [-0.15, -0.1) is 0 Å². The summed E-state index contributed by atoms with van der Waals surface area (Å²) >= 11 is 1.68. The van der Waals surface area contributed by atoms with Gasteiger partial charge in [0.15, 0.2) is 0 Å². The Bertz CT molecular complexity index is 380. The molecule has 0 saturated heterocycles. The minimum atomic E-state index is -0.479. The predicted molar refractivity (Wildman–Crippen MR) is 78.2 cm³/mol. The number of nitrogens with two attached hydrogens (primary N) is 1. The van der Waals surface area contributed by atoms with Crippen LogP contribution in [0.5, 0.6) is 0 Å². The normalized spacial score (nSPS) is 12.0. The van der Waals surface area contributed by atoms with Gasteiger partial charge in [-0.25, -0.2) is 4.98 Å². The lowest BCUT2D eigenvalue weighted by Gasteiger charge is -2.13. The number of hydrogen-bond donors (Lipinski definition) is 2. The fraction of sp³-hybridized carbons (Fsp3) is 0.500. The zero-order chi connectivity index (χ0) is 13.5. The van der Waals surface area contributed by atoms with Gasteiger partial charge in [0.2, 0.25) is 5.91 Å². The molecule has 0 bridgehead atoms. The van der Waals surface area contributed by atoms with Crippen molar-refractivity contribution in [3.63, 3.8) is 0 Å². The number of hydrogen-bond acceptors (Lipinski definition) is 5. The Morgan fingerprint density at radius 1 is 1.56 bits per heavy atom. The fourth-order valence-corrected chi connectivity index (χ4v) is 1.81. The lowest BCUT2D eigenvalue weighted by molar-refractivity contribution is -0.117. The Hall–Kier alpha value is -1.27. The Morgan fingerprint density at radius 2 is 2.28 bits per heavy atom. The molecular weight excluding hydrogens is 248 g/mol. The lowest BCUT2D eigenvalue weighted by atomic mass is 10.2. The van der Waals surface area contributed by atoms with E-state index in [1.54, 1.807) is 24.0 Å². The lowest BCUT2D eigenvalue weighted by Crippen LogP contribution is -2.36. The van der Waals surface area contributed by atoms with E-state index in [2.05, 4.69) is 10.3 Å². The summed E-state index contributed by atoms with van der Waals surface area (Å²) in [5.41, 5.74) is 6.75. The smallest absolute Gasteiger partial charge is 0.242 e. The van der Waals surface area contributed by atoms with Gasteiger partial charge in [0.05, 0.1) is 17.9 Å². The highest BCUT2D eigenvalue weighted by Gasteiger charge is 2.13. The molecule has 1 atom stereocenters. The van der Waals surface area contributed by atoms with Crippen molar-refractivity contribution in [3.8, 4) is 0 Å². The van der Waals surface area contributed by atoms with Crippen molar-refractivity contribution >= 4 is 29.2 Å². The summed E-state index contributed by atoms with van der Waals surface area (Å²) in [5.74, 6) is 1.22. The molecule has 0 aliphatic carbocycles. The van der Waals surface area contributed by atoms with Crippen molar-refractivity contribution in [1.82, 2.24) is 4.98 Å². The molecule has 0 saturated carbocycles. The standard InChI is InChI=1S/C12H20N4OS/c1-16(2)9-4-5-11(14-8-9)15-12(17)10(13)6-7-18-3/h4-5,8,10H,6-7,13H2,1-3H3,(H,14,15,17)/t10-/m0/s1. The van der Waals surface area contributed by atoms with Crippen molar-refractivity contribution in [3.05, 3.63) is 18.3 Å². The number of anilines is 2. The number of nitrogens with zero attached hydrogens (tertiary/aromatic N) is 2. The summed E-state index contributed by atoms with van der Waals surface area (Å²) in [7, 11) is 3.88. The summed E-state index contributed by atoms with van der Waals surface area (Å²) < 4.78 is 0. The Morgan fingerprint density at radius 3 is 2.78 bits per heavy atom. The van der Waals surface area contributed by atoms with E-state index in [9.17, 15) is 4.79 Å². The van der Waals surface area contributed by atoms with Gasteiger partial charge >= 0.3 is 0 Å². The molecule has 1 aromatic heterocycles. The molecule has 0 unspecified atom stereocenters. The van der Waals surface area contributed by atoms with Gasteiger partial charge < -0.3 is 16.0 Å². The summed E-state index contributed by atoms with van der Waals surface area (Å²) in [6, 6.07) is 3.19. The Kier molecular flexibility index (Phi) is 5.94. The van der Waals surface area contributed by atoms with Crippen LogP contribution in [0.2, 0.25) is 0 Å². The zero-order valence-corrected chi connectivity index (χ0v) is 11.8. The molecule has 3 N–H and O–H groups in total. The molecule has 0 spiro atoms. The number of aromatic nitrogens is 1. The second-order valence-corrected chi connectivity index (χ2v) is 5.16. The molecule has 1 aromatic rings. The van der Waals surface area contributed by atoms with Gasteiger partial charge in [0, 0.05) is 14.1 Å². The van der Waals surface area contributed by atoms with Crippen LogP contribution in [0, 0.1) is 0 Å². The van der Waals surface area contributed by atoms with Crippen LogP contribution in [-0.4, -0.2) is 43.0 Å². The van der Waals surface area contributed by atoms with Gasteiger partial charge in [0.25, 0.3) is 0 Å². The summed E-state index contributed by atoms with van der Waals surface area (Å²) in [6.45, 7) is 0. The Labute approximate surface area is 112 Å². The van der Waals surface area contributed by atoms with Crippen LogP contribution in [0.1, 0.15) is 6.42 Å². The summed E-state index contributed by atoms with van der Waals surface area (Å²) in [5, 5.41) is 2.71. The van der Waals surface area contributed by atoms with E-state index in [4.69, 9.17) is 5.73 Å². The molecule has 1 rings (SSSR count). The maximum absolute atomic E-state index is 11.7. The third-order valence-corrected chi connectivity index (χ3v) is 3.13. The van der Waals surface area contributed by atoms with Gasteiger partial charge in [0.1, 0.15) is 5.82 Å². The number of carbonyl (C=O) groups excluding carboxylic acids is 1. The zero-order valence-electron chi connectivity index (χ0n) is 11.0. The van der Waals surface area contributed by atoms with Crippen LogP contribution >= 0.6 is 11.8 Å². The van der Waals surface area contributed by atoms with Crippen LogP contribution in [0.3, 0.4) is 0 Å². The molecule has 5 nitrogen and oxygen atoms in total. The average Bonchev–Trinajstić information content (AvgIpc) is 2.36. The van der Waals surface area contributed by atoms with Crippen molar-refractivity contribution in [1.29, 1.82) is 0 Å². The van der Waals surface area contributed by atoms with E-state index in [0.29, 0.717) is 12.2 Å². The predicted octanol–water partition coefficient (Wildman–Crippen LogP) is 1.17. The molecule has 1 amide bonds. The first-order valence-electron chi connectivity index (χ1n) is 5.73. The van der Waals surface area contributed by atoms with E-state index in [-0.39, 0.29) is 5.91 Å². The van der Waals surface area contributed by atoms with Gasteiger partial charge in [-0.2, -0.15) is 11.8 Å². The van der Waals surface area contributed by atoms with E-state index in [0.717, 1.165) is 11.4 Å². The molecule has 1 heterocycles. The van der Waals surface area contributed by atoms with Crippen LogP contribution in [-0.2, 0) is 4.79 Å². The molecule has 100 valence electrons. The first-order valence-corrected chi connectivity index (χ1v) is 7.12. The third kappa shape index (κ3) is 4.54. The van der Waals surface area contributed by atoms with Gasteiger partial charge in [-0.05, 0) is 30.6 Å². The quantitative estimate of drug-likeness (QED) is 0.810. The topological polar surface area (TPSA) is 71.2 Å². The van der Waals surface area contributed by atoms with Crippen molar-refractivity contribution < 1.29 is 4.79 Å². The van der Waals surface area contributed by atoms with Crippen molar-refractivity contribution in [2.45, 2.75) is 12.5 Å². The van der Waals surface area contributed by atoms with Crippen LogP contribution in [0.4, 0.5) is 11.5 Å². The maximum Gasteiger partial charge on any atom is 0.242 e. The van der Waals surface area contributed by atoms with Gasteiger partial charge in [-0.1, -0.05) is 0 Å². The molecule has 0 aromatic carbocycles. The van der Waals surface area contributed by atoms with Gasteiger partial charge in [-0.3, -0.25) is 4.79 Å². The fourth-order valence-electron chi connectivity index (χ4n) is 1.32. The largest absolute Gasteiger partial charge is 0.376 e. The molecule has 18 heavy (non-hydrogen) atoms.